The van der Waals surface area contributed by atoms with Crippen LogP contribution in [0.25, 0.3) is 0 Å². The first-order valence-electron chi connectivity index (χ1n) is 8.27. The quantitative estimate of drug-likeness (QED) is 0.449. The normalized spacial score (nSPS) is 11.5. The molecule has 1 N–H and O–H groups in total. The van der Waals surface area contributed by atoms with E-state index in [1.165, 1.54) is 25.6 Å². The van der Waals surface area contributed by atoms with Gasteiger partial charge in [-0.25, -0.2) is 4.79 Å². The number of nitrogens with one attached hydrogen (secondary N) is 1. The van der Waals surface area contributed by atoms with E-state index in [9.17, 15) is 14.4 Å². The third-order valence-corrected chi connectivity index (χ3v) is 4.58. The number of esters is 1. The van der Waals surface area contributed by atoms with Crippen molar-refractivity contribution >= 4 is 35.1 Å². The van der Waals surface area contributed by atoms with Crippen molar-refractivity contribution in [2.45, 2.75) is 31.8 Å². The zero-order valence-corrected chi connectivity index (χ0v) is 15.8. The molecule has 0 saturated heterocycles. The minimum Gasteiger partial charge on any atom is -0.449 e. The lowest BCUT2D eigenvalue weighted by Crippen LogP contribution is -2.30. The van der Waals surface area contributed by atoms with Gasteiger partial charge in [0.2, 0.25) is 0 Å². The summed E-state index contributed by atoms with van der Waals surface area (Å²) >= 11 is 1.53. The van der Waals surface area contributed by atoms with Gasteiger partial charge in [-0.05, 0) is 43.9 Å². The highest BCUT2D eigenvalue weighted by atomic mass is 32.2. The molecule has 26 heavy (non-hydrogen) atoms. The highest BCUT2D eigenvalue weighted by Crippen LogP contribution is 2.23. The SMILES string of the molecule is CCSc1ccccc1C(=O)O[C@H](C)C(=O)Nc1ccccc1C(C)=O. The average molecular weight is 371 g/mol. The zero-order valence-electron chi connectivity index (χ0n) is 14.9. The van der Waals surface area contributed by atoms with Gasteiger partial charge in [0.15, 0.2) is 11.9 Å². The number of para-hydroxylation sites is 1. The van der Waals surface area contributed by atoms with Crippen molar-refractivity contribution in [3.05, 3.63) is 59.7 Å². The van der Waals surface area contributed by atoms with Crippen LogP contribution in [0.5, 0.6) is 0 Å². The number of rotatable bonds is 7. The van der Waals surface area contributed by atoms with Gasteiger partial charge in [-0.15, -0.1) is 11.8 Å². The van der Waals surface area contributed by atoms with Gasteiger partial charge in [-0.1, -0.05) is 31.2 Å². The van der Waals surface area contributed by atoms with Crippen LogP contribution in [0.2, 0.25) is 0 Å². The lowest BCUT2D eigenvalue weighted by molar-refractivity contribution is -0.123. The molecule has 2 aromatic rings. The zero-order chi connectivity index (χ0) is 19.1. The Labute approximate surface area is 157 Å². The van der Waals surface area contributed by atoms with Gasteiger partial charge in [0.25, 0.3) is 5.91 Å². The van der Waals surface area contributed by atoms with Crippen molar-refractivity contribution in [1.82, 2.24) is 0 Å². The van der Waals surface area contributed by atoms with Gasteiger partial charge in [0, 0.05) is 10.5 Å². The second-order valence-electron chi connectivity index (χ2n) is 5.57. The van der Waals surface area contributed by atoms with E-state index in [4.69, 9.17) is 4.74 Å². The maximum Gasteiger partial charge on any atom is 0.340 e. The van der Waals surface area contributed by atoms with Gasteiger partial charge in [0.05, 0.1) is 11.3 Å². The van der Waals surface area contributed by atoms with Crippen LogP contribution in [0.1, 0.15) is 41.5 Å². The Morgan fingerprint density at radius 2 is 1.65 bits per heavy atom. The van der Waals surface area contributed by atoms with E-state index < -0.39 is 18.0 Å². The molecule has 6 heteroatoms. The van der Waals surface area contributed by atoms with Crippen molar-refractivity contribution < 1.29 is 19.1 Å². The number of hydrogen-bond acceptors (Lipinski definition) is 5. The van der Waals surface area contributed by atoms with Crippen molar-refractivity contribution in [2.24, 2.45) is 0 Å². The molecule has 2 aromatic carbocycles. The van der Waals surface area contributed by atoms with E-state index >= 15 is 0 Å². The number of benzene rings is 2. The molecule has 2 rings (SSSR count). The summed E-state index contributed by atoms with van der Waals surface area (Å²) in [6.07, 6.45) is -0.998. The van der Waals surface area contributed by atoms with E-state index in [0.717, 1.165) is 10.6 Å². The summed E-state index contributed by atoms with van der Waals surface area (Å²) in [4.78, 5) is 37.2. The molecular formula is C20H21NO4S. The molecule has 0 heterocycles. The summed E-state index contributed by atoms with van der Waals surface area (Å²) in [5.74, 6) is -0.380. The van der Waals surface area contributed by atoms with E-state index in [1.54, 1.807) is 36.4 Å². The minimum absolute atomic E-state index is 0.156. The number of carbonyl (C=O) groups is 3. The predicted molar refractivity (Wildman–Crippen MR) is 103 cm³/mol. The van der Waals surface area contributed by atoms with Gasteiger partial charge >= 0.3 is 5.97 Å². The molecule has 136 valence electrons. The molecule has 0 aliphatic rings. The monoisotopic (exact) mass is 371 g/mol. The lowest BCUT2D eigenvalue weighted by atomic mass is 10.1. The van der Waals surface area contributed by atoms with Crippen molar-refractivity contribution in [1.29, 1.82) is 0 Å². The summed E-state index contributed by atoms with van der Waals surface area (Å²) in [5, 5.41) is 2.65. The first-order chi connectivity index (χ1) is 12.4. The largest absolute Gasteiger partial charge is 0.449 e. The highest BCUT2D eigenvalue weighted by molar-refractivity contribution is 7.99. The number of carbonyl (C=O) groups excluding carboxylic acids is 3. The fourth-order valence-electron chi connectivity index (χ4n) is 2.33. The van der Waals surface area contributed by atoms with Crippen LogP contribution in [-0.2, 0) is 9.53 Å². The summed E-state index contributed by atoms with van der Waals surface area (Å²) in [6, 6.07) is 13.8. The molecule has 0 bridgehead atoms. The summed E-state index contributed by atoms with van der Waals surface area (Å²) in [7, 11) is 0. The predicted octanol–water partition coefficient (Wildman–Crippen LogP) is 4.19. The molecule has 0 saturated carbocycles. The van der Waals surface area contributed by atoms with E-state index in [-0.39, 0.29) is 5.78 Å². The molecule has 0 aliphatic heterocycles. The van der Waals surface area contributed by atoms with Gasteiger partial charge in [0.1, 0.15) is 0 Å². The molecular weight excluding hydrogens is 350 g/mol. The number of thioether (sulfide) groups is 1. The van der Waals surface area contributed by atoms with Crippen LogP contribution in [0.4, 0.5) is 5.69 Å². The van der Waals surface area contributed by atoms with Crippen molar-refractivity contribution in [2.75, 3.05) is 11.1 Å². The smallest absolute Gasteiger partial charge is 0.340 e. The van der Waals surface area contributed by atoms with Crippen molar-refractivity contribution in [3.63, 3.8) is 0 Å². The first-order valence-corrected chi connectivity index (χ1v) is 9.26. The van der Waals surface area contributed by atoms with Crippen LogP contribution in [0.3, 0.4) is 0 Å². The molecule has 0 spiro atoms. The fourth-order valence-corrected chi connectivity index (χ4v) is 3.12. The van der Waals surface area contributed by atoms with E-state index in [1.807, 2.05) is 19.1 Å². The maximum absolute atomic E-state index is 12.4. The van der Waals surface area contributed by atoms with Gasteiger partial charge in [-0.2, -0.15) is 0 Å². The van der Waals surface area contributed by atoms with Crippen LogP contribution in [-0.4, -0.2) is 29.5 Å². The Morgan fingerprint density at radius 1 is 1.04 bits per heavy atom. The summed E-state index contributed by atoms with van der Waals surface area (Å²) < 4.78 is 5.31. The van der Waals surface area contributed by atoms with Crippen LogP contribution < -0.4 is 5.32 Å². The Balaban J connectivity index is 2.08. The van der Waals surface area contributed by atoms with Crippen LogP contribution >= 0.6 is 11.8 Å². The average Bonchev–Trinajstić information content (AvgIpc) is 2.62. The fraction of sp³-hybridized carbons (Fsp3) is 0.250. The number of ether oxygens (including phenoxy) is 1. The molecule has 0 radical (unpaired) electrons. The van der Waals surface area contributed by atoms with Crippen LogP contribution in [0, 0.1) is 0 Å². The number of ketones is 1. The van der Waals surface area contributed by atoms with E-state index in [0.29, 0.717) is 16.8 Å². The van der Waals surface area contributed by atoms with E-state index in [2.05, 4.69) is 5.32 Å². The minimum atomic E-state index is -0.998. The molecule has 0 unspecified atom stereocenters. The Bertz CT molecular complexity index is 819. The number of anilines is 1. The lowest BCUT2D eigenvalue weighted by Gasteiger charge is -2.16. The molecule has 1 atom stereocenters. The second kappa shape index (κ2) is 9.20. The molecule has 0 aromatic heterocycles. The molecule has 5 nitrogen and oxygen atoms in total. The summed E-state index contributed by atoms with van der Waals surface area (Å²) in [5.41, 5.74) is 1.24. The third kappa shape index (κ3) is 4.95. The Kier molecular flexibility index (Phi) is 6.97. The maximum atomic E-state index is 12.4. The molecule has 1 amide bonds. The Hall–Kier alpha value is -2.60. The van der Waals surface area contributed by atoms with Crippen molar-refractivity contribution in [3.8, 4) is 0 Å². The number of Topliss-reactive ketones (excluding diaryl/α,β-unsaturated/α-hetero) is 1. The number of amides is 1. The molecule has 0 fully saturated rings. The van der Waals surface area contributed by atoms with Crippen LogP contribution in [0.15, 0.2) is 53.4 Å². The first kappa shape index (κ1) is 19.7. The number of hydrogen-bond donors (Lipinski definition) is 1. The topological polar surface area (TPSA) is 72.5 Å². The standard InChI is InChI=1S/C20H21NO4S/c1-4-26-18-12-8-6-10-16(18)20(24)25-14(3)19(23)21-17-11-7-5-9-15(17)13(2)22/h5-12,14H,4H2,1-3H3,(H,21,23)/t14-/m1/s1. The van der Waals surface area contributed by atoms with Gasteiger partial charge in [-0.3, -0.25) is 9.59 Å². The highest BCUT2D eigenvalue weighted by Gasteiger charge is 2.21. The van der Waals surface area contributed by atoms with Gasteiger partial charge < -0.3 is 10.1 Å². The third-order valence-electron chi connectivity index (χ3n) is 3.62. The second-order valence-corrected chi connectivity index (χ2v) is 6.87. The summed E-state index contributed by atoms with van der Waals surface area (Å²) in [6.45, 7) is 4.92. The Morgan fingerprint density at radius 3 is 2.31 bits per heavy atom. The molecule has 0 aliphatic carbocycles.